The topological polar surface area (TPSA) is 37.4 Å². The van der Waals surface area contributed by atoms with E-state index in [0.717, 1.165) is 25.1 Å². The SMILES string of the molecule is CCC(=O)[C@H]1CCCN(c2ccc(CC)cc2)C1=O. The van der Waals surface area contributed by atoms with Crippen molar-refractivity contribution < 1.29 is 9.59 Å². The Morgan fingerprint density at radius 3 is 2.53 bits per heavy atom. The third-order valence-electron chi connectivity index (χ3n) is 3.83. The van der Waals surface area contributed by atoms with Gasteiger partial charge in [-0.05, 0) is 37.0 Å². The van der Waals surface area contributed by atoms with Gasteiger partial charge >= 0.3 is 0 Å². The van der Waals surface area contributed by atoms with E-state index in [0.29, 0.717) is 12.8 Å². The molecule has 2 rings (SSSR count). The molecule has 1 saturated heterocycles. The number of rotatable bonds is 4. The average Bonchev–Trinajstić information content (AvgIpc) is 2.47. The summed E-state index contributed by atoms with van der Waals surface area (Å²) in [6.45, 7) is 4.65. The molecule has 1 aliphatic rings. The number of ketones is 1. The van der Waals surface area contributed by atoms with Gasteiger partial charge in [-0.1, -0.05) is 26.0 Å². The number of hydrogen-bond donors (Lipinski definition) is 0. The third kappa shape index (κ3) is 2.86. The Morgan fingerprint density at radius 2 is 1.95 bits per heavy atom. The van der Waals surface area contributed by atoms with Crippen molar-refractivity contribution in [1.29, 1.82) is 0 Å². The van der Waals surface area contributed by atoms with Crippen LogP contribution in [-0.2, 0) is 16.0 Å². The first-order valence-electron chi connectivity index (χ1n) is 7.10. The van der Waals surface area contributed by atoms with Crippen LogP contribution in [0.4, 0.5) is 5.69 Å². The highest BCUT2D eigenvalue weighted by Gasteiger charge is 2.33. The Labute approximate surface area is 114 Å². The van der Waals surface area contributed by atoms with Crippen molar-refractivity contribution in [3.8, 4) is 0 Å². The van der Waals surface area contributed by atoms with Crippen molar-refractivity contribution >= 4 is 17.4 Å². The summed E-state index contributed by atoms with van der Waals surface area (Å²) in [6.07, 6.45) is 3.04. The zero-order chi connectivity index (χ0) is 13.8. The summed E-state index contributed by atoms with van der Waals surface area (Å²) in [7, 11) is 0. The van der Waals surface area contributed by atoms with Crippen molar-refractivity contribution in [3.05, 3.63) is 29.8 Å². The molecule has 1 atom stereocenters. The summed E-state index contributed by atoms with van der Waals surface area (Å²) in [5, 5.41) is 0. The van der Waals surface area contributed by atoms with Crippen LogP contribution in [0.25, 0.3) is 0 Å². The lowest BCUT2D eigenvalue weighted by molar-refractivity contribution is -0.133. The molecule has 0 bridgehead atoms. The predicted molar refractivity (Wildman–Crippen MR) is 76.2 cm³/mol. The molecular weight excluding hydrogens is 238 g/mol. The van der Waals surface area contributed by atoms with Crippen LogP contribution in [0, 0.1) is 5.92 Å². The van der Waals surface area contributed by atoms with Crippen LogP contribution < -0.4 is 4.90 Å². The highest BCUT2D eigenvalue weighted by atomic mass is 16.2. The summed E-state index contributed by atoms with van der Waals surface area (Å²) in [4.78, 5) is 26.0. The number of hydrogen-bond acceptors (Lipinski definition) is 2. The van der Waals surface area contributed by atoms with E-state index in [1.807, 2.05) is 31.2 Å². The number of benzene rings is 1. The van der Waals surface area contributed by atoms with E-state index in [4.69, 9.17) is 0 Å². The summed E-state index contributed by atoms with van der Waals surface area (Å²) in [6, 6.07) is 8.06. The maximum absolute atomic E-state index is 12.4. The van der Waals surface area contributed by atoms with Crippen LogP contribution in [0.5, 0.6) is 0 Å². The molecule has 3 heteroatoms. The number of carbonyl (C=O) groups is 2. The quantitative estimate of drug-likeness (QED) is 0.780. The van der Waals surface area contributed by atoms with Gasteiger partial charge in [-0.15, -0.1) is 0 Å². The number of amides is 1. The normalized spacial score (nSPS) is 19.6. The number of carbonyl (C=O) groups excluding carboxylic acids is 2. The number of nitrogens with zero attached hydrogens (tertiary/aromatic N) is 1. The Hall–Kier alpha value is -1.64. The lowest BCUT2D eigenvalue weighted by Gasteiger charge is -2.31. The second-order valence-corrected chi connectivity index (χ2v) is 5.02. The fraction of sp³-hybridized carbons (Fsp3) is 0.500. The fourth-order valence-electron chi connectivity index (χ4n) is 2.59. The Balaban J connectivity index is 2.18. The minimum Gasteiger partial charge on any atom is -0.312 e. The van der Waals surface area contributed by atoms with Crippen LogP contribution >= 0.6 is 0 Å². The van der Waals surface area contributed by atoms with Crippen LogP contribution in [-0.4, -0.2) is 18.2 Å². The molecule has 0 spiro atoms. The molecule has 19 heavy (non-hydrogen) atoms. The van der Waals surface area contributed by atoms with E-state index in [1.165, 1.54) is 5.56 Å². The highest BCUT2D eigenvalue weighted by molar-refractivity contribution is 6.08. The number of Topliss-reactive ketones (excluding diaryl/α,β-unsaturated/α-hetero) is 1. The van der Waals surface area contributed by atoms with E-state index >= 15 is 0 Å². The fourth-order valence-corrected chi connectivity index (χ4v) is 2.59. The van der Waals surface area contributed by atoms with Crippen LogP contribution in [0.3, 0.4) is 0 Å². The van der Waals surface area contributed by atoms with Gasteiger partial charge in [0.05, 0.1) is 5.92 Å². The van der Waals surface area contributed by atoms with Crippen molar-refractivity contribution in [2.24, 2.45) is 5.92 Å². The Kier molecular flexibility index (Phi) is 4.35. The van der Waals surface area contributed by atoms with Gasteiger partial charge in [0, 0.05) is 18.7 Å². The number of anilines is 1. The molecule has 0 unspecified atom stereocenters. The number of piperidine rings is 1. The molecule has 0 N–H and O–H groups in total. The summed E-state index contributed by atoms with van der Waals surface area (Å²) < 4.78 is 0. The minimum absolute atomic E-state index is 0.0256. The third-order valence-corrected chi connectivity index (χ3v) is 3.83. The van der Waals surface area contributed by atoms with Gasteiger partial charge in [0.15, 0.2) is 0 Å². The van der Waals surface area contributed by atoms with Gasteiger partial charge in [0.25, 0.3) is 0 Å². The highest BCUT2D eigenvalue weighted by Crippen LogP contribution is 2.26. The maximum atomic E-state index is 12.4. The van der Waals surface area contributed by atoms with Crippen LogP contribution in [0.1, 0.15) is 38.7 Å². The van der Waals surface area contributed by atoms with E-state index < -0.39 is 5.92 Å². The summed E-state index contributed by atoms with van der Waals surface area (Å²) in [5.41, 5.74) is 2.17. The molecule has 3 nitrogen and oxygen atoms in total. The van der Waals surface area contributed by atoms with E-state index in [2.05, 4.69) is 6.92 Å². The Bertz CT molecular complexity index is 464. The first-order valence-corrected chi connectivity index (χ1v) is 7.10. The molecule has 1 aromatic rings. The first-order chi connectivity index (χ1) is 9.17. The monoisotopic (exact) mass is 259 g/mol. The zero-order valence-corrected chi connectivity index (χ0v) is 11.7. The zero-order valence-electron chi connectivity index (χ0n) is 11.7. The van der Waals surface area contributed by atoms with E-state index in [9.17, 15) is 9.59 Å². The molecular formula is C16H21NO2. The Morgan fingerprint density at radius 1 is 1.26 bits per heavy atom. The van der Waals surface area contributed by atoms with Crippen molar-refractivity contribution in [1.82, 2.24) is 0 Å². The van der Waals surface area contributed by atoms with Crippen LogP contribution in [0.15, 0.2) is 24.3 Å². The van der Waals surface area contributed by atoms with Crippen molar-refractivity contribution in [3.63, 3.8) is 0 Å². The van der Waals surface area contributed by atoms with Crippen LogP contribution in [0.2, 0.25) is 0 Å². The van der Waals surface area contributed by atoms with Gasteiger partial charge in [-0.25, -0.2) is 0 Å². The predicted octanol–water partition coefficient (Wildman–Crippen LogP) is 2.97. The molecule has 0 aromatic heterocycles. The minimum atomic E-state index is -0.426. The molecule has 1 aliphatic heterocycles. The smallest absolute Gasteiger partial charge is 0.237 e. The van der Waals surface area contributed by atoms with Gasteiger partial charge in [0.2, 0.25) is 5.91 Å². The molecule has 0 saturated carbocycles. The second kappa shape index (κ2) is 6.00. The molecule has 1 heterocycles. The molecule has 1 fully saturated rings. The maximum Gasteiger partial charge on any atom is 0.237 e. The second-order valence-electron chi connectivity index (χ2n) is 5.02. The molecule has 0 radical (unpaired) electrons. The molecule has 1 amide bonds. The molecule has 1 aromatic carbocycles. The molecule has 0 aliphatic carbocycles. The van der Waals surface area contributed by atoms with Gasteiger partial charge in [0.1, 0.15) is 5.78 Å². The summed E-state index contributed by atoms with van der Waals surface area (Å²) >= 11 is 0. The van der Waals surface area contributed by atoms with E-state index in [-0.39, 0.29) is 11.7 Å². The number of aryl methyl sites for hydroxylation is 1. The van der Waals surface area contributed by atoms with Gasteiger partial charge < -0.3 is 4.90 Å². The first kappa shape index (κ1) is 13.8. The lowest BCUT2D eigenvalue weighted by Crippen LogP contribution is -2.44. The largest absolute Gasteiger partial charge is 0.312 e. The lowest BCUT2D eigenvalue weighted by atomic mass is 9.91. The van der Waals surface area contributed by atoms with E-state index in [1.54, 1.807) is 4.90 Å². The van der Waals surface area contributed by atoms with Gasteiger partial charge in [-0.3, -0.25) is 9.59 Å². The molecule has 102 valence electrons. The van der Waals surface area contributed by atoms with Crippen molar-refractivity contribution in [2.75, 3.05) is 11.4 Å². The van der Waals surface area contributed by atoms with Gasteiger partial charge in [-0.2, -0.15) is 0 Å². The summed E-state index contributed by atoms with van der Waals surface area (Å²) in [5.74, 6) is -0.383. The average molecular weight is 259 g/mol. The van der Waals surface area contributed by atoms with Crippen molar-refractivity contribution in [2.45, 2.75) is 39.5 Å². The standard InChI is InChI=1S/C16H21NO2/c1-3-12-7-9-13(10-8-12)17-11-5-6-14(16(17)19)15(18)4-2/h7-10,14H,3-6,11H2,1-2H3/t14-/m1/s1.